The van der Waals surface area contributed by atoms with Gasteiger partial charge in [0, 0.05) is 19.7 Å². The van der Waals surface area contributed by atoms with Crippen molar-refractivity contribution in [1.29, 1.82) is 5.26 Å². The van der Waals surface area contributed by atoms with E-state index in [-0.39, 0.29) is 30.4 Å². The van der Waals surface area contributed by atoms with Crippen molar-refractivity contribution in [2.24, 2.45) is 5.92 Å². The summed E-state index contributed by atoms with van der Waals surface area (Å²) in [5.74, 6) is -0.309. The van der Waals surface area contributed by atoms with Crippen LogP contribution < -0.4 is 10.6 Å². The molecule has 1 aromatic rings. The molecule has 0 saturated carbocycles. The molecule has 2 rings (SSSR count). The third kappa shape index (κ3) is 3.12. The van der Waals surface area contributed by atoms with Crippen LogP contribution in [0.15, 0.2) is 0 Å². The molecule has 0 amide bonds. The zero-order valence-electron chi connectivity index (χ0n) is 12.0. The molecule has 0 bridgehead atoms. The van der Waals surface area contributed by atoms with E-state index in [1.54, 1.807) is 6.92 Å². The third-order valence-electron chi connectivity index (χ3n) is 3.57. The molecular formula is C14H19N3O3S. The highest BCUT2D eigenvalue weighted by molar-refractivity contribution is 7.17. The molecule has 0 aromatic carbocycles. The van der Waals surface area contributed by atoms with Crippen LogP contribution in [0.3, 0.4) is 0 Å². The molecule has 2 heterocycles. The first-order valence-electron chi connectivity index (χ1n) is 6.97. The molecule has 1 saturated heterocycles. The van der Waals surface area contributed by atoms with Crippen LogP contribution in [-0.2, 0) is 4.74 Å². The summed E-state index contributed by atoms with van der Waals surface area (Å²) in [5, 5.41) is 19.1. The van der Waals surface area contributed by atoms with Crippen molar-refractivity contribution in [3.05, 3.63) is 10.4 Å². The Labute approximate surface area is 127 Å². The van der Waals surface area contributed by atoms with E-state index in [2.05, 4.69) is 0 Å². The minimum atomic E-state index is -0.492. The first-order valence-corrected chi connectivity index (χ1v) is 7.79. The molecule has 1 unspecified atom stereocenters. The van der Waals surface area contributed by atoms with Crippen LogP contribution in [-0.4, -0.2) is 37.4 Å². The van der Waals surface area contributed by atoms with Gasteiger partial charge in [0.25, 0.3) is 0 Å². The number of carbonyl (C=O) groups is 1. The summed E-state index contributed by atoms with van der Waals surface area (Å²) in [6, 6.07) is 2.03. The van der Waals surface area contributed by atoms with Gasteiger partial charge in [-0.05, 0) is 25.7 Å². The number of nitrogens with two attached hydrogens (primary N) is 1. The second kappa shape index (κ2) is 6.78. The standard InChI is InChI=1S/C14H19N3O3S/c1-2-20-14(19)11-12(16)10(6-15)21-13(11)17-5-3-4-9(7-17)8-18/h9,18H,2-5,7-8,16H2,1H3. The fourth-order valence-corrected chi connectivity index (χ4v) is 3.58. The molecule has 1 aliphatic rings. The molecular weight excluding hydrogens is 290 g/mol. The average Bonchev–Trinajstić information content (AvgIpc) is 2.84. The number of hydrogen-bond donors (Lipinski definition) is 2. The Kier molecular flexibility index (Phi) is 5.04. The highest BCUT2D eigenvalue weighted by Gasteiger charge is 2.29. The van der Waals surface area contributed by atoms with Gasteiger partial charge in [0.15, 0.2) is 0 Å². The van der Waals surface area contributed by atoms with Gasteiger partial charge in [-0.2, -0.15) is 5.26 Å². The van der Waals surface area contributed by atoms with Crippen molar-refractivity contribution in [3.8, 4) is 6.07 Å². The number of aliphatic hydroxyl groups excluding tert-OH is 1. The lowest BCUT2D eigenvalue weighted by Gasteiger charge is -2.33. The Morgan fingerprint density at radius 2 is 2.43 bits per heavy atom. The fourth-order valence-electron chi connectivity index (χ4n) is 2.54. The fraction of sp³-hybridized carbons (Fsp3) is 0.571. The molecule has 6 nitrogen and oxygen atoms in total. The maximum atomic E-state index is 12.1. The van der Waals surface area contributed by atoms with E-state index in [4.69, 9.17) is 15.7 Å². The minimum absolute atomic E-state index is 0.122. The number of hydrogen-bond acceptors (Lipinski definition) is 7. The minimum Gasteiger partial charge on any atom is -0.462 e. The van der Waals surface area contributed by atoms with Crippen LogP contribution in [0.4, 0.5) is 10.7 Å². The summed E-state index contributed by atoms with van der Waals surface area (Å²) < 4.78 is 5.05. The van der Waals surface area contributed by atoms with Crippen LogP contribution in [0, 0.1) is 17.2 Å². The molecule has 1 aromatic heterocycles. The number of thiophene rings is 1. The predicted molar refractivity (Wildman–Crippen MR) is 81.4 cm³/mol. The molecule has 1 fully saturated rings. The summed E-state index contributed by atoms with van der Waals surface area (Å²) in [7, 11) is 0. The SMILES string of the molecule is CCOC(=O)c1c(N2CCCC(CO)C2)sc(C#N)c1N. The lowest BCUT2D eigenvalue weighted by molar-refractivity contribution is 0.0528. The van der Waals surface area contributed by atoms with Crippen LogP contribution >= 0.6 is 11.3 Å². The Morgan fingerprint density at radius 1 is 1.67 bits per heavy atom. The van der Waals surface area contributed by atoms with Crippen molar-refractivity contribution in [2.45, 2.75) is 19.8 Å². The Hall–Kier alpha value is -1.78. The van der Waals surface area contributed by atoms with Gasteiger partial charge in [-0.1, -0.05) is 0 Å². The van der Waals surface area contributed by atoms with E-state index in [9.17, 15) is 9.90 Å². The van der Waals surface area contributed by atoms with Gasteiger partial charge in [-0.3, -0.25) is 0 Å². The smallest absolute Gasteiger partial charge is 0.343 e. The molecule has 7 heteroatoms. The van der Waals surface area contributed by atoms with Crippen LogP contribution in [0.2, 0.25) is 0 Å². The molecule has 0 aliphatic carbocycles. The number of ether oxygens (including phenoxy) is 1. The number of piperidine rings is 1. The van der Waals surface area contributed by atoms with Gasteiger partial charge in [0.1, 0.15) is 21.5 Å². The molecule has 0 spiro atoms. The van der Waals surface area contributed by atoms with Gasteiger partial charge in [-0.25, -0.2) is 4.79 Å². The van der Waals surface area contributed by atoms with E-state index < -0.39 is 5.97 Å². The van der Waals surface area contributed by atoms with Gasteiger partial charge in [-0.15, -0.1) is 11.3 Å². The average molecular weight is 309 g/mol. The van der Waals surface area contributed by atoms with Crippen molar-refractivity contribution in [2.75, 3.05) is 36.9 Å². The van der Waals surface area contributed by atoms with Crippen molar-refractivity contribution in [3.63, 3.8) is 0 Å². The number of esters is 1. The second-order valence-electron chi connectivity index (χ2n) is 4.99. The number of rotatable bonds is 4. The lowest BCUT2D eigenvalue weighted by Crippen LogP contribution is -2.37. The molecule has 1 atom stereocenters. The predicted octanol–water partition coefficient (Wildman–Crippen LogP) is 1.59. The maximum absolute atomic E-state index is 12.1. The first kappa shape index (κ1) is 15.6. The van der Waals surface area contributed by atoms with Crippen molar-refractivity contribution < 1.29 is 14.6 Å². The molecule has 21 heavy (non-hydrogen) atoms. The van der Waals surface area contributed by atoms with Crippen molar-refractivity contribution >= 4 is 28.0 Å². The zero-order valence-corrected chi connectivity index (χ0v) is 12.8. The van der Waals surface area contributed by atoms with E-state index in [0.29, 0.717) is 16.4 Å². The number of anilines is 2. The van der Waals surface area contributed by atoms with Gasteiger partial charge in [0.05, 0.1) is 12.3 Å². The summed E-state index contributed by atoms with van der Waals surface area (Å²) in [4.78, 5) is 14.5. The number of nitrogen functional groups attached to an aromatic ring is 1. The van der Waals surface area contributed by atoms with Crippen LogP contribution in [0.5, 0.6) is 0 Å². The molecule has 3 N–H and O–H groups in total. The second-order valence-corrected chi connectivity index (χ2v) is 5.99. The zero-order chi connectivity index (χ0) is 15.4. The summed E-state index contributed by atoms with van der Waals surface area (Å²) in [5.41, 5.74) is 6.42. The largest absolute Gasteiger partial charge is 0.462 e. The molecule has 114 valence electrons. The Bertz CT molecular complexity index is 565. The van der Waals surface area contributed by atoms with E-state index in [1.165, 1.54) is 11.3 Å². The van der Waals surface area contributed by atoms with Crippen LogP contribution in [0.25, 0.3) is 0 Å². The number of carbonyl (C=O) groups excluding carboxylic acids is 1. The maximum Gasteiger partial charge on any atom is 0.343 e. The van der Waals surface area contributed by atoms with Gasteiger partial charge < -0.3 is 20.5 Å². The van der Waals surface area contributed by atoms with E-state index >= 15 is 0 Å². The number of nitriles is 1. The lowest BCUT2D eigenvalue weighted by atomic mass is 9.99. The van der Waals surface area contributed by atoms with E-state index in [1.807, 2.05) is 11.0 Å². The van der Waals surface area contributed by atoms with Crippen LogP contribution in [0.1, 0.15) is 35.0 Å². The summed E-state index contributed by atoms with van der Waals surface area (Å²) in [6.07, 6.45) is 1.90. The molecule has 1 aliphatic heterocycles. The highest BCUT2D eigenvalue weighted by Crippen LogP contribution is 2.40. The normalized spacial score (nSPS) is 18.3. The van der Waals surface area contributed by atoms with Crippen molar-refractivity contribution in [1.82, 2.24) is 0 Å². The third-order valence-corrected chi connectivity index (χ3v) is 4.74. The first-order chi connectivity index (χ1) is 10.1. The number of nitrogens with zero attached hydrogens (tertiary/aromatic N) is 2. The number of aliphatic hydroxyl groups is 1. The highest BCUT2D eigenvalue weighted by atomic mass is 32.1. The van der Waals surface area contributed by atoms with E-state index in [0.717, 1.165) is 19.4 Å². The molecule has 0 radical (unpaired) electrons. The van der Waals surface area contributed by atoms with Gasteiger partial charge in [0.2, 0.25) is 0 Å². The Balaban J connectivity index is 2.38. The quantitative estimate of drug-likeness (QED) is 0.819. The summed E-state index contributed by atoms with van der Waals surface area (Å²) in [6.45, 7) is 3.56. The monoisotopic (exact) mass is 309 g/mol. The topological polar surface area (TPSA) is 99.6 Å². The summed E-state index contributed by atoms with van der Waals surface area (Å²) >= 11 is 1.22. The Morgan fingerprint density at radius 3 is 3.05 bits per heavy atom. The van der Waals surface area contributed by atoms with Gasteiger partial charge >= 0.3 is 5.97 Å².